The van der Waals surface area contributed by atoms with E-state index in [-0.39, 0.29) is 5.75 Å². The molecule has 118 valence electrons. The van der Waals surface area contributed by atoms with E-state index in [1.54, 1.807) is 18.2 Å². The number of aliphatic hydroxyl groups excluding tert-OH is 3. The number of rotatable bonds is 4. The quantitative estimate of drug-likeness (QED) is 0.723. The van der Waals surface area contributed by atoms with Crippen molar-refractivity contribution in [3.05, 3.63) is 22.7 Å². The maximum Gasteiger partial charge on any atom is 0.234 e. The molecule has 1 aromatic carbocycles. The Hall–Kier alpha value is -0.930. The summed E-state index contributed by atoms with van der Waals surface area (Å²) >= 11 is 3.27. The number of aliphatic hydroxyl groups is 3. The Morgan fingerprint density at radius 3 is 2.62 bits per heavy atom. The van der Waals surface area contributed by atoms with Crippen molar-refractivity contribution in [1.29, 1.82) is 0 Å². The summed E-state index contributed by atoms with van der Waals surface area (Å²) in [6, 6.07) is 4.84. The van der Waals surface area contributed by atoms with Gasteiger partial charge in [-0.05, 0) is 18.2 Å². The molecule has 8 heteroatoms. The number of ether oxygens (including phenoxy) is 3. The van der Waals surface area contributed by atoms with Crippen LogP contribution in [0.1, 0.15) is 0 Å². The number of halogens is 2. The Morgan fingerprint density at radius 1 is 1.29 bits per heavy atom. The second-order valence-electron chi connectivity index (χ2n) is 4.56. The number of hydrogen-bond donors (Lipinski definition) is 3. The van der Waals surface area contributed by atoms with Gasteiger partial charge in [0, 0.05) is 4.47 Å². The summed E-state index contributed by atoms with van der Waals surface area (Å²) in [7, 11) is 1.43. The molecule has 0 aromatic heterocycles. The molecule has 3 N–H and O–H groups in total. The van der Waals surface area contributed by atoms with Gasteiger partial charge in [-0.2, -0.15) is 0 Å². The summed E-state index contributed by atoms with van der Waals surface area (Å²) in [6.45, 7) is -0.567. The second-order valence-corrected chi connectivity index (χ2v) is 5.48. The molecule has 0 saturated carbocycles. The van der Waals surface area contributed by atoms with Crippen molar-refractivity contribution >= 4 is 15.9 Å². The summed E-state index contributed by atoms with van der Waals surface area (Å²) < 4.78 is 30.4. The normalized spacial score (nSPS) is 32.8. The number of methoxy groups -OCH3 is 1. The average molecular weight is 367 g/mol. The lowest BCUT2D eigenvalue weighted by Gasteiger charge is -2.38. The topological polar surface area (TPSA) is 88.4 Å². The van der Waals surface area contributed by atoms with E-state index in [1.807, 2.05) is 0 Å². The minimum Gasteiger partial charge on any atom is -0.493 e. The lowest BCUT2D eigenvalue weighted by Crippen LogP contribution is -2.58. The third-order valence-corrected chi connectivity index (χ3v) is 3.67. The Bertz CT molecular complexity index is 486. The van der Waals surface area contributed by atoms with E-state index in [1.165, 1.54) is 7.11 Å². The zero-order valence-electron chi connectivity index (χ0n) is 11.1. The van der Waals surface area contributed by atoms with Crippen molar-refractivity contribution in [1.82, 2.24) is 0 Å². The van der Waals surface area contributed by atoms with E-state index in [0.29, 0.717) is 5.75 Å². The molecule has 5 unspecified atom stereocenters. The summed E-state index contributed by atoms with van der Waals surface area (Å²) in [5, 5.41) is 28.3. The first-order valence-corrected chi connectivity index (χ1v) is 7.04. The Balaban J connectivity index is 2.18. The van der Waals surface area contributed by atoms with Crippen molar-refractivity contribution in [2.75, 3.05) is 13.7 Å². The minimum atomic E-state index is -1.96. The zero-order chi connectivity index (χ0) is 15.6. The highest BCUT2D eigenvalue weighted by Gasteiger charge is 2.46. The average Bonchev–Trinajstić information content (AvgIpc) is 2.49. The van der Waals surface area contributed by atoms with Crippen LogP contribution in [0.5, 0.6) is 11.5 Å². The van der Waals surface area contributed by atoms with Crippen molar-refractivity contribution in [3.8, 4) is 11.5 Å². The van der Waals surface area contributed by atoms with Gasteiger partial charge in [-0.15, -0.1) is 0 Å². The van der Waals surface area contributed by atoms with Crippen LogP contribution in [-0.4, -0.2) is 59.8 Å². The van der Waals surface area contributed by atoms with Gasteiger partial charge in [-0.25, -0.2) is 4.39 Å². The van der Waals surface area contributed by atoms with Crippen molar-refractivity contribution in [2.24, 2.45) is 0 Å². The van der Waals surface area contributed by atoms with Crippen LogP contribution < -0.4 is 9.47 Å². The molecular weight excluding hydrogens is 351 g/mol. The summed E-state index contributed by atoms with van der Waals surface area (Å²) in [5.74, 6) is 0.565. The lowest BCUT2D eigenvalue weighted by molar-refractivity contribution is -0.262. The lowest BCUT2D eigenvalue weighted by atomic mass is 10.0. The Labute approximate surface area is 129 Å². The van der Waals surface area contributed by atoms with E-state index < -0.39 is 37.4 Å². The maximum atomic E-state index is 14.0. The number of benzene rings is 1. The van der Waals surface area contributed by atoms with Crippen LogP contribution >= 0.6 is 15.9 Å². The molecule has 1 aliphatic heterocycles. The van der Waals surface area contributed by atoms with Crippen LogP contribution in [0.2, 0.25) is 0 Å². The van der Waals surface area contributed by atoms with Gasteiger partial charge in [-0.3, -0.25) is 0 Å². The van der Waals surface area contributed by atoms with E-state index in [4.69, 9.17) is 19.3 Å². The summed E-state index contributed by atoms with van der Waals surface area (Å²) in [4.78, 5) is 0. The van der Waals surface area contributed by atoms with Crippen LogP contribution in [-0.2, 0) is 4.74 Å². The van der Waals surface area contributed by atoms with E-state index in [0.717, 1.165) is 4.47 Å². The molecule has 0 bridgehead atoms. The highest BCUT2D eigenvalue weighted by atomic mass is 79.9. The molecule has 0 radical (unpaired) electrons. The first-order chi connectivity index (χ1) is 9.97. The third kappa shape index (κ3) is 3.46. The molecule has 6 nitrogen and oxygen atoms in total. The predicted molar refractivity (Wildman–Crippen MR) is 74.0 cm³/mol. The number of alkyl halides is 1. The standard InChI is InChI=1S/C13H16BrFO6/c1-19-8-4-6(14)2-3-7(8)20-13-10(15)12(18)11(17)9(5-16)21-13/h2-4,9-13,16-18H,5H2,1H3. The fraction of sp³-hybridized carbons (Fsp3) is 0.538. The van der Waals surface area contributed by atoms with Crippen molar-refractivity contribution in [2.45, 2.75) is 30.8 Å². The van der Waals surface area contributed by atoms with Crippen molar-refractivity contribution < 1.29 is 33.9 Å². The Kier molecular flexibility index (Phi) is 5.39. The van der Waals surface area contributed by atoms with Gasteiger partial charge >= 0.3 is 0 Å². The fourth-order valence-electron chi connectivity index (χ4n) is 2.00. The van der Waals surface area contributed by atoms with E-state index >= 15 is 0 Å². The Morgan fingerprint density at radius 2 is 2.00 bits per heavy atom. The molecule has 1 aromatic rings. The molecule has 0 spiro atoms. The molecular formula is C13H16BrFO6. The van der Waals surface area contributed by atoms with Gasteiger partial charge in [0.2, 0.25) is 6.29 Å². The molecule has 2 rings (SSSR count). The van der Waals surface area contributed by atoms with Gasteiger partial charge in [0.1, 0.15) is 18.3 Å². The van der Waals surface area contributed by atoms with Crippen molar-refractivity contribution in [3.63, 3.8) is 0 Å². The number of hydrogen-bond acceptors (Lipinski definition) is 6. The van der Waals surface area contributed by atoms with Crippen LogP contribution in [0.4, 0.5) is 4.39 Å². The largest absolute Gasteiger partial charge is 0.493 e. The molecule has 5 atom stereocenters. The zero-order valence-corrected chi connectivity index (χ0v) is 12.7. The summed E-state index contributed by atoms with van der Waals surface area (Å²) in [6.07, 6.45) is -7.77. The molecule has 0 amide bonds. The van der Waals surface area contributed by atoms with Crippen LogP contribution in [0.3, 0.4) is 0 Å². The predicted octanol–water partition coefficient (Wildman–Crippen LogP) is 0.614. The third-order valence-electron chi connectivity index (χ3n) is 3.17. The van der Waals surface area contributed by atoms with Gasteiger partial charge in [-0.1, -0.05) is 15.9 Å². The SMILES string of the molecule is COc1cc(Br)ccc1OC1OC(CO)C(O)C(O)C1F. The molecule has 1 heterocycles. The van der Waals surface area contributed by atoms with Crippen LogP contribution in [0.25, 0.3) is 0 Å². The van der Waals surface area contributed by atoms with Crippen LogP contribution in [0, 0.1) is 0 Å². The van der Waals surface area contributed by atoms with E-state index in [2.05, 4.69) is 15.9 Å². The molecule has 1 fully saturated rings. The maximum absolute atomic E-state index is 14.0. The van der Waals surface area contributed by atoms with Gasteiger partial charge in [0.15, 0.2) is 17.7 Å². The second kappa shape index (κ2) is 6.89. The fourth-order valence-corrected chi connectivity index (χ4v) is 2.34. The monoisotopic (exact) mass is 366 g/mol. The highest BCUT2D eigenvalue weighted by molar-refractivity contribution is 9.10. The van der Waals surface area contributed by atoms with Gasteiger partial charge in [0.05, 0.1) is 13.7 Å². The molecule has 0 aliphatic carbocycles. The minimum absolute atomic E-state index is 0.216. The molecule has 21 heavy (non-hydrogen) atoms. The molecule has 1 aliphatic rings. The van der Waals surface area contributed by atoms with Gasteiger partial charge in [0.25, 0.3) is 0 Å². The first kappa shape index (κ1) is 16.4. The summed E-state index contributed by atoms with van der Waals surface area (Å²) in [5.41, 5.74) is 0. The highest BCUT2D eigenvalue weighted by Crippen LogP contribution is 2.33. The van der Waals surface area contributed by atoms with E-state index in [9.17, 15) is 14.6 Å². The van der Waals surface area contributed by atoms with Gasteiger partial charge < -0.3 is 29.5 Å². The smallest absolute Gasteiger partial charge is 0.234 e. The first-order valence-electron chi connectivity index (χ1n) is 6.24. The molecule has 1 saturated heterocycles. The van der Waals surface area contributed by atoms with Crippen LogP contribution in [0.15, 0.2) is 22.7 Å².